The molecule has 4 N–H and O–H groups in total. The maximum atomic E-state index is 11.6. The Morgan fingerprint density at radius 2 is 2.00 bits per heavy atom. The summed E-state index contributed by atoms with van der Waals surface area (Å²) in [4.78, 5) is 11.6. The maximum Gasteiger partial charge on any atom is 0.412 e. The quantitative estimate of drug-likeness (QED) is 0.801. The van der Waals surface area contributed by atoms with Crippen LogP contribution in [0.15, 0.2) is 18.2 Å². The van der Waals surface area contributed by atoms with E-state index in [0.29, 0.717) is 16.3 Å². The van der Waals surface area contributed by atoms with Crippen molar-refractivity contribution >= 4 is 23.4 Å². The first-order valence-electron chi connectivity index (χ1n) is 6.27. The predicted molar refractivity (Wildman–Crippen MR) is 79.9 cm³/mol. The van der Waals surface area contributed by atoms with E-state index in [1.807, 2.05) is 0 Å². The zero-order chi connectivity index (χ0) is 15.6. The van der Waals surface area contributed by atoms with Gasteiger partial charge >= 0.3 is 6.09 Å². The van der Waals surface area contributed by atoms with Gasteiger partial charge in [-0.05, 0) is 39.8 Å². The van der Waals surface area contributed by atoms with Crippen molar-refractivity contribution < 1.29 is 14.6 Å². The molecule has 0 radical (unpaired) electrons. The van der Waals surface area contributed by atoms with Crippen molar-refractivity contribution in [3.05, 3.63) is 28.8 Å². The molecule has 20 heavy (non-hydrogen) atoms. The summed E-state index contributed by atoms with van der Waals surface area (Å²) < 4.78 is 5.14. The minimum Gasteiger partial charge on any atom is -0.444 e. The van der Waals surface area contributed by atoms with Gasteiger partial charge in [0.15, 0.2) is 0 Å². The van der Waals surface area contributed by atoms with Crippen LogP contribution in [-0.4, -0.2) is 23.3 Å². The first kappa shape index (κ1) is 16.8. The van der Waals surface area contributed by atoms with E-state index in [4.69, 9.17) is 22.1 Å². The van der Waals surface area contributed by atoms with Gasteiger partial charge in [-0.15, -0.1) is 0 Å². The highest BCUT2D eigenvalue weighted by molar-refractivity contribution is 6.31. The number of nitrogens with two attached hydrogens (primary N) is 1. The first-order valence-corrected chi connectivity index (χ1v) is 6.65. The number of benzene rings is 1. The number of hydrogen-bond donors (Lipinski definition) is 3. The van der Waals surface area contributed by atoms with E-state index >= 15 is 0 Å². The molecule has 0 heterocycles. The van der Waals surface area contributed by atoms with Crippen LogP contribution >= 0.6 is 11.6 Å². The predicted octanol–water partition coefficient (Wildman–Crippen LogP) is 2.85. The Kier molecular flexibility index (Phi) is 5.02. The van der Waals surface area contributed by atoms with Gasteiger partial charge in [-0.3, -0.25) is 5.32 Å². The molecular weight excluding hydrogens is 280 g/mol. The average Bonchev–Trinajstić information content (AvgIpc) is 2.25. The number of hydrogen-bond acceptors (Lipinski definition) is 4. The number of ether oxygens (including phenoxy) is 1. The van der Waals surface area contributed by atoms with Crippen molar-refractivity contribution in [2.24, 2.45) is 5.73 Å². The van der Waals surface area contributed by atoms with Crippen LogP contribution in [0.25, 0.3) is 0 Å². The Morgan fingerprint density at radius 1 is 1.40 bits per heavy atom. The molecule has 0 aliphatic carbocycles. The molecule has 5 nitrogen and oxygen atoms in total. The summed E-state index contributed by atoms with van der Waals surface area (Å²) in [6.45, 7) is 6.96. The summed E-state index contributed by atoms with van der Waals surface area (Å²) in [6.07, 6.45) is -0.563. The van der Waals surface area contributed by atoms with E-state index in [9.17, 15) is 9.90 Å². The molecule has 1 amide bonds. The number of aliphatic hydroxyl groups is 1. The van der Waals surface area contributed by atoms with Crippen molar-refractivity contribution in [2.75, 3.05) is 11.9 Å². The molecule has 112 valence electrons. The highest BCUT2D eigenvalue weighted by atomic mass is 35.5. The molecule has 1 atom stereocenters. The molecule has 0 bridgehead atoms. The van der Waals surface area contributed by atoms with E-state index in [0.717, 1.165) is 0 Å². The molecule has 0 aliphatic heterocycles. The Balaban J connectivity index is 2.86. The molecule has 1 aromatic rings. The van der Waals surface area contributed by atoms with Gasteiger partial charge in [-0.2, -0.15) is 0 Å². The lowest BCUT2D eigenvalue weighted by Crippen LogP contribution is -2.31. The molecule has 1 aromatic carbocycles. The normalized spacial score (nSPS) is 14.6. The first-order chi connectivity index (χ1) is 9.05. The summed E-state index contributed by atoms with van der Waals surface area (Å²) in [5, 5.41) is 13.0. The number of halogens is 1. The third kappa shape index (κ3) is 4.67. The number of nitrogens with one attached hydrogen (secondary N) is 1. The van der Waals surface area contributed by atoms with Gasteiger partial charge in [0.05, 0.1) is 0 Å². The lowest BCUT2D eigenvalue weighted by molar-refractivity contribution is 0.0636. The third-order valence-corrected chi connectivity index (χ3v) is 2.90. The zero-order valence-electron chi connectivity index (χ0n) is 12.2. The Hall–Kier alpha value is -1.30. The van der Waals surface area contributed by atoms with E-state index in [1.54, 1.807) is 45.9 Å². The molecule has 6 heteroatoms. The molecule has 0 aliphatic rings. The van der Waals surface area contributed by atoms with E-state index in [1.165, 1.54) is 0 Å². The summed E-state index contributed by atoms with van der Waals surface area (Å²) in [7, 11) is 0. The second-order valence-electron chi connectivity index (χ2n) is 5.80. The molecule has 1 unspecified atom stereocenters. The molecule has 1 rings (SSSR count). The van der Waals surface area contributed by atoms with E-state index < -0.39 is 17.3 Å². The summed E-state index contributed by atoms with van der Waals surface area (Å²) in [5.74, 6) is 0. The molecule has 0 saturated heterocycles. The van der Waals surface area contributed by atoms with Crippen LogP contribution in [0, 0.1) is 0 Å². The highest BCUT2D eigenvalue weighted by Crippen LogP contribution is 2.29. The van der Waals surface area contributed by atoms with Crippen LogP contribution in [0.2, 0.25) is 5.02 Å². The van der Waals surface area contributed by atoms with Gasteiger partial charge in [0, 0.05) is 22.8 Å². The van der Waals surface area contributed by atoms with E-state index in [-0.39, 0.29) is 6.54 Å². The van der Waals surface area contributed by atoms with Crippen LogP contribution in [0.1, 0.15) is 33.3 Å². The summed E-state index contributed by atoms with van der Waals surface area (Å²) in [6, 6.07) is 4.81. The van der Waals surface area contributed by atoms with Crippen LogP contribution < -0.4 is 11.1 Å². The van der Waals surface area contributed by atoms with Crippen LogP contribution in [-0.2, 0) is 10.3 Å². The largest absolute Gasteiger partial charge is 0.444 e. The lowest BCUT2D eigenvalue weighted by Gasteiger charge is -2.23. The smallest absolute Gasteiger partial charge is 0.412 e. The Labute approximate surface area is 124 Å². The average molecular weight is 301 g/mol. The second kappa shape index (κ2) is 5.99. The number of amides is 1. The van der Waals surface area contributed by atoms with Crippen molar-refractivity contribution in [3.63, 3.8) is 0 Å². The number of anilines is 1. The monoisotopic (exact) mass is 300 g/mol. The number of carbonyl (C=O) groups excluding carboxylic acids is 1. The number of carbonyl (C=O) groups is 1. The van der Waals surface area contributed by atoms with E-state index in [2.05, 4.69) is 5.32 Å². The molecule has 0 saturated carbocycles. The van der Waals surface area contributed by atoms with Gasteiger partial charge in [-0.1, -0.05) is 17.7 Å². The van der Waals surface area contributed by atoms with Crippen molar-refractivity contribution in [2.45, 2.75) is 38.9 Å². The molecule has 0 aromatic heterocycles. The minimum absolute atomic E-state index is 0.0472. The maximum absolute atomic E-state index is 11.6. The zero-order valence-corrected chi connectivity index (χ0v) is 12.9. The van der Waals surface area contributed by atoms with Crippen molar-refractivity contribution in [1.82, 2.24) is 0 Å². The third-order valence-electron chi connectivity index (χ3n) is 2.59. The van der Waals surface area contributed by atoms with Gasteiger partial charge in [0.25, 0.3) is 0 Å². The summed E-state index contributed by atoms with van der Waals surface area (Å²) >= 11 is 6.10. The van der Waals surface area contributed by atoms with Crippen molar-refractivity contribution in [3.8, 4) is 0 Å². The topological polar surface area (TPSA) is 84.6 Å². The second-order valence-corrected chi connectivity index (χ2v) is 6.21. The Morgan fingerprint density at radius 3 is 2.45 bits per heavy atom. The number of rotatable bonds is 3. The summed E-state index contributed by atoms with van der Waals surface area (Å²) in [5.41, 5.74) is 4.72. The van der Waals surface area contributed by atoms with Crippen LogP contribution in [0.4, 0.5) is 10.5 Å². The molecule has 0 fully saturated rings. The minimum atomic E-state index is -1.21. The SMILES string of the molecule is CC(C)(C)OC(=O)Nc1ccc(C(C)(O)CN)c(Cl)c1. The van der Waals surface area contributed by atoms with Crippen molar-refractivity contribution in [1.29, 1.82) is 0 Å². The van der Waals surface area contributed by atoms with Gasteiger partial charge in [0.1, 0.15) is 11.2 Å². The fraction of sp³-hybridized carbons (Fsp3) is 0.500. The standard InChI is InChI=1S/C14H21ClN2O3/c1-13(2,3)20-12(18)17-9-5-6-10(11(15)7-9)14(4,19)8-16/h5-7,19H,8,16H2,1-4H3,(H,17,18). The van der Waals surface area contributed by atoms with Gasteiger partial charge < -0.3 is 15.6 Å². The highest BCUT2D eigenvalue weighted by Gasteiger charge is 2.24. The lowest BCUT2D eigenvalue weighted by atomic mass is 9.96. The van der Waals surface area contributed by atoms with Crippen LogP contribution in [0.3, 0.4) is 0 Å². The molecular formula is C14H21ClN2O3. The fourth-order valence-corrected chi connectivity index (χ4v) is 1.95. The Bertz CT molecular complexity index is 496. The molecule has 0 spiro atoms. The fourth-order valence-electron chi connectivity index (χ4n) is 1.56. The van der Waals surface area contributed by atoms with Gasteiger partial charge in [0.2, 0.25) is 0 Å². The van der Waals surface area contributed by atoms with Gasteiger partial charge in [-0.25, -0.2) is 4.79 Å². The van der Waals surface area contributed by atoms with Crippen LogP contribution in [0.5, 0.6) is 0 Å².